The summed E-state index contributed by atoms with van der Waals surface area (Å²) in [5, 5.41) is 0. The van der Waals surface area contributed by atoms with Crippen molar-refractivity contribution in [2.75, 3.05) is 19.0 Å². The summed E-state index contributed by atoms with van der Waals surface area (Å²) in [4.78, 5) is 13.2. The molecule has 2 nitrogen and oxygen atoms in total. The Kier molecular flexibility index (Phi) is 3.61. The molecule has 0 fully saturated rings. The summed E-state index contributed by atoms with van der Waals surface area (Å²) < 4.78 is 0. The summed E-state index contributed by atoms with van der Waals surface area (Å²) in [5.41, 5.74) is 3.49. The molecule has 0 saturated heterocycles. The molecule has 2 aromatic carbocycles. The van der Waals surface area contributed by atoms with Gasteiger partial charge in [-0.15, -0.1) is 0 Å². The molecule has 2 rings (SSSR count). The summed E-state index contributed by atoms with van der Waals surface area (Å²) in [6, 6.07) is 17.5. The number of hydrogen-bond donors (Lipinski definition) is 0. The average Bonchev–Trinajstić information content (AvgIpc) is 2.41. The van der Waals surface area contributed by atoms with Crippen LogP contribution in [-0.4, -0.2) is 20.0 Å². The molecule has 18 heavy (non-hydrogen) atoms. The van der Waals surface area contributed by atoms with Gasteiger partial charge in [0.25, 0.3) is 0 Å². The molecule has 0 unspecified atom stereocenters. The molecular formula is C16H15NO. The maximum atomic E-state index is 11.2. The predicted octanol–water partition coefficient (Wildman–Crippen LogP) is 3.02. The Morgan fingerprint density at radius 2 is 1.44 bits per heavy atom. The second kappa shape index (κ2) is 5.35. The van der Waals surface area contributed by atoms with Crippen molar-refractivity contribution in [3.8, 4) is 0 Å². The van der Waals surface area contributed by atoms with Gasteiger partial charge in [-0.25, -0.2) is 4.79 Å². The minimum absolute atomic E-state index is 0.598. The molecular weight excluding hydrogens is 222 g/mol. The van der Waals surface area contributed by atoms with Crippen LogP contribution < -0.4 is 4.90 Å². The summed E-state index contributed by atoms with van der Waals surface area (Å²) in [6.45, 7) is 0. The maximum Gasteiger partial charge on any atom is 0.133 e. The largest absolute Gasteiger partial charge is 0.378 e. The molecule has 0 heterocycles. The number of rotatable bonds is 3. The molecule has 0 aromatic heterocycles. The highest BCUT2D eigenvalue weighted by molar-refractivity contribution is 5.97. The van der Waals surface area contributed by atoms with Crippen LogP contribution in [0.3, 0.4) is 0 Å². The molecule has 0 spiro atoms. The Morgan fingerprint density at radius 3 is 1.94 bits per heavy atom. The van der Waals surface area contributed by atoms with Crippen molar-refractivity contribution < 1.29 is 4.79 Å². The van der Waals surface area contributed by atoms with Crippen LogP contribution in [0.15, 0.2) is 54.6 Å². The summed E-state index contributed by atoms with van der Waals surface area (Å²) in [7, 11) is 3.98. The Bertz CT molecular complexity index is 564. The molecule has 0 aliphatic carbocycles. The van der Waals surface area contributed by atoms with Gasteiger partial charge in [-0.1, -0.05) is 42.5 Å². The van der Waals surface area contributed by atoms with Crippen LogP contribution in [0.1, 0.15) is 11.1 Å². The van der Waals surface area contributed by atoms with Crippen LogP contribution >= 0.6 is 0 Å². The Morgan fingerprint density at radius 1 is 0.889 bits per heavy atom. The van der Waals surface area contributed by atoms with E-state index in [2.05, 4.69) is 0 Å². The summed E-state index contributed by atoms with van der Waals surface area (Å²) in [5.74, 6) is 2.04. The fraction of sp³-hybridized carbons (Fsp3) is 0.125. The zero-order chi connectivity index (χ0) is 13.0. The second-order valence-electron chi connectivity index (χ2n) is 4.28. The third kappa shape index (κ3) is 2.50. The van der Waals surface area contributed by atoms with E-state index in [9.17, 15) is 4.79 Å². The topological polar surface area (TPSA) is 20.3 Å². The lowest BCUT2D eigenvalue weighted by Gasteiger charge is -2.13. The highest BCUT2D eigenvalue weighted by Gasteiger charge is 2.06. The smallest absolute Gasteiger partial charge is 0.133 e. The van der Waals surface area contributed by atoms with E-state index in [-0.39, 0.29) is 0 Å². The molecule has 0 amide bonds. The molecule has 0 radical (unpaired) electrons. The number of anilines is 1. The van der Waals surface area contributed by atoms with Crippen molar-refractivity contribution in [1.29, 1.82) is 0 Å². The van der Waals surface area contributed by atoms with Crippen molar-refractivity contribution in [3.05, 3.63) is 65.7 Å². The quantitative estimate of drug-likeness (QED) is 0.765. The van der Waals surface area contributed by atoms with Crippen molar-refractivity contribution >= 4 is 17.2 Å². The number of benzene rings is 2. The van der Waals surface area contributed by atoms with E-state index < -0.39 is 0 Å². The lowest BCUT2D eigenvalue weighted by atomic mass is 9.99. The fourth-order valence-corrected chi connectivity index (χ4v) is 1.82. The van der Waals surface area contributed by atoms with Gasteiger partial charge in [-0.05, 0) is 23.3 Å². The van der Waals surface area contributed by atoms with Crippen molar-refractivity contribution in [2.24, 2.45) is 0 Å². The highest BCUT2D eigenvalue weighted by atomic mass is 16.1. The van der Waals surface area contributed by atoms with E-state index >= 15 is 0 Å². The van der Waals surface area contributed by atoms with Gasteiger partial charge >= 0.3 is 0 Å². The SMILES string of the molecule is CN(C)c1ccc(C(=C=O)c2ccccc2)cc1. The fourth-order valence-electron chi connectivity index (χ4n) is 1.82. The van der Waals surface area contributed by atoms with Gasteiger partial charge in [0.05, 0.1) is 5.57 Å². The zero-order valence-corrected chi connectivity index (χ0v) is 10.6. The number of nitrogens with zero attached hydrogens (tertiary/aromatic N) is 1. The predicted molar refractivity (Wildman–Crippen MR) is 75.4 cm³/mol. The van der Waals surface area contributed by atoms with E-state index in [1.54, 1.807) is 0 Å². The lowest BCUT2D eigenvalue weighted by Crippen LogP contribution is -2.08. The van der Waals surface area contributed by atoms with E-state index in [0.29, 0.717) is 5.57 Å². The number of carbonyl (C=O) groups excluding carboxylic acids is 1. The van der Waals surface area contributed by atoms with Gasteiger partial charge in [0.15, 0.2) is 0 Å². The van der Waals surface area contributed by atoms with E-state index in [0.717, 1.165) is 16.8 Å². The van der Waals surface area contributed by atoms with Gasteiger partial charge in [0.1, 0.15) is 5.94 Å². The van der Waals surface area contributed by atoms with Gasteiger partial charge in [-0.3, -0.25) is 0 Å². The van der Waals surface area contributed by atoms with E-state index in [1.165, 1.54) is 0 Å². The van der Waals surface area contributed by atoms with E-state index in [4.69, 9.17) is 0 Å². The summed E-state index contributed by atoms with van der Waals surface area (Å²) >= 11 is 0. The molecule has 0 aliphatic rings. The first-order chi connectivity index (χ1) is 8.72. The van der Waals surface area contributed by atoms with Crippen molar-refractivity contribution in [3.63, 3.8) is 0 Å². The average molecular weight is 237 g/mol. The third-order valence-corrected chi connectivity index (χ3v) is 2.84. The van der Waals surface area contributed by atoms with Gasteiger partial charge in [0, 0.05) is 19.8 Å². The summed E-state index contributed by atoms with van der Waals surface area (Å²) in [6.07, 6.45) is 0. The highest BCUT2D eigenvalue weighted by Crippen LogP contribution is 2.22. The Labute approximate surface area is 107 Å². The van der Waals surface area contributed by atoms with Gasteiger partial charge < -0.3 is 4.90 Å². The second-order valence-corrected chi connectivity index (χ2v) is 4.28. The Balaban J connectivity index is 2.38. The van der Waals surface area contributed by atoms with Gasteiger partial charge in [-0.2, -0.15) is 0 Å². The molecule has 2 aromatic rings. The first-order valence-corrected chi connectivity index (χ1v) is 5.80. The third-order valence-electron chi connectivity index (χ3n) is 2.84. The van der Waals surface area contributed by atoms with Gasteiger partial charge in [0.2, 0.25) is 0 Å². The monoisotopic (exact) mass is 237 g/mol. The van der Waals surface area contributed by atoms with Crippen LogP contribution in [0, 0.1) is 0 Å². The van der Waals surface area contributed by atoms with Crippen molar-refractivity contribution in [2.45, 2.75) is 0 Å². The number of hydrogen-bond acceptors (Lipinski definition) is 2. The minimum atomic E-state index is 0.598. The zero-order valence-electron chi connectivity index (χ0n) is 10.6. The van der Waals surface area contributed by atoms with Crippen molar-refractivity contribution in [1.82, 2.24) is 0 Å². The lowest BCUT2D eigenvalue weighted by molar-refractivity contribution is 0.569. The molecule has 0 N–H and O–H groups in total. The molecule has 0 saturated carbocycles. The van der Waals surface area contributed by atoms with Crippen LogP contribution in [0.2, 0.25) is 0 Å². The van der Waals surface area contributed by atoms with Crippen LogP contribution in [0.5, 0.6) is 0 Å². The van der Waals surface area contributed by atoms with Crippen LogP contribution in [0.25, 0.3) is 5.57 Å². The van der Waals surface area contributed by atoms with Crippen LogP contribution in [-0.2, 0) is 4.79 Å². The first-order valence-electron chi connectivity index (χ1n) is 5.80. The Hall–Kier alpha value is -2.31. The molecule has 0 bridgehead atoms. The normalized spacial score (nSPS) is 9.67. The maximum absolute atomic E-state index is 11.2. The van der Waals surface area contributed by atoms with Crippen LogP contribution in [0.4, 0.5) is 5.69 Å². The molecule has 0 aliphatic heterocycles. The molecule has 2 heteroatoms. The molecule has 90 valence electrons. The van der Waals surface area contributed by atoms with E-state index in [1.807, 2.05) is 79.5 Å². The molecule has 0 atom stereocenters. The minimum Gasteiger partial charge on any atom is -0.378 e. The standard InChI is InChI=1S/C16H15NO/c1-17(2)15-10-8-14(9-11-15)16(12-18)13-6-4-3-5-7-13/h3-11H,1-2H3. The first kappa shape index (κ1) is 12.2.